The molecule has 88 valence electrons. The summed E-state index contributed by atoms with van der Waals surface area (Å²) in [5.41, 5.74) is 8.54. The molecule has 2 rings (SSSR count). The first-order chi connectivity index (χ1) is 7.41. The lowest BCUT2D eigenvalue weighted by atomic mass is 10.0. The van der Waals surface area contributed by atoms with Gasteiger partial charge in [-0.1, -0.05) is 0 Å². The van der Waals surface area contributed by atoms with Crippen LogP contribution in [0, 0.1) is 0 Å². The number of carbonyl (C=O) groups is 1. The molecule has 0 bridgehead atoms. The van der Waals surface area contributed by atoms with Gasteiger partial charge < -0.3 is 10.6 Å². The molecular weight excluding hydrogens is 222 g/mol. The van der Waals surface area contributed by atoms with E-state index in [4.69, 9.17) is 5.73 Å². The van der Waals surface area contributed by atoms with E-state index in [9.17, 15) is 4.79 Å². The molecule has 1 fully saturated rings. The first-order valence-electron chi connectivity index (χ1n) is 5.37. The predicted octanol–water partition coefficient (Wildman–Crippen LogP) is 1.54. The lowest BCUT2D eigenvalue weighted by molar-refractivity contribution is -0.133. The summed E-state index contributed by atoms with van der Waals surface area (Å²) in [5, 5.41) is 1.97. The van der Waals surface area contributed by atoms with Gasteiger partial charge >= 0.3 is 0 Å². The number of hydrogen-bond donors (Lipinski definition) is 1. The summed E-state index contributed by atoms with van der Waals surface area (Å²) >= 11 is 1.54. The lowest BCUT2D eigenvalue weighted by Crippen LogP contribution is -2.45. The number of likely N-dealkylation sites (tertiary alicyclic amines) is 1. The SMILES string of the molecule is CC(C)(C)N1C(=O)CC(N)C1c1cscn1. The van der Waals surface area contributed by atoms with Crippen molar-refractivity contribution in [3.8, 4) is 0 Å². The molecular formula is C11H17N3OS. The Morgan fingerprint density at radius 3 is 2.75 bits per heavy atom. The van der Waals surface area contributed by atoms with Crippen LogP contribution in [0.1, 0.15) is 38.9 Å². The highest BCUT2D eigenvalue weighted by atomic mass is 32.1. The second-order valence-corrected chi connectivity index (χ2v) is 5.88. The largest absolute Gasteiger partial charge is 0.328 e. The molecule has 0 spiro atoms. The van der Waals surface area contributed by atoms with Gasteiger partial charge in [0.2, 0.25) is 5.91 Å². The van der Waals surface area contributed by atoms with E-state index in [1.54, 1.807) is 5.51 Å². The topological polar surface area (TPSA) is 59.2 Å². The molecule has 0 radical (unpaired) electrons. The maximum atomic E-state index is 12.0. The maximum Gasteiger partial charge on any atom is 0.225 e. The average Bonchev–Trinajstić information content (AvgIpc) is 2.70. The third-order valence-corrected chi connectivity index (χ3v) is 3.44. The van der Waals surface area contributed by atoms with Gasteiger partial charge in [-0.3, -0.25) is 4.79 Å². The summed E-state index contributed by atoms with van der Waals surface area (Å²) in [6, 6.07) is -0.215. The minimum Gasteiger partial charge on any atom is -0.328 e. The highest BCUT2D eigenvalue weighted by Crippen LogP contribution is 2.37. The molecule has 1 aliphatic heterocycles. The van der Waals surface area contributed by atoms with Gasteiger partial charge in [0, 0.05) is 23.4 Å². The zero-order valence-electron chi connectivity index (χ0n) is 9.80. The minimum atomic E-state index is -0.209. The number of amides is 1. The molecule has 0 saturated carbocycles. The van der Waals surface area contributed by atoms with Crippen molar-refractivity contribution in [2.24, 2.45) is 5.73 Å². The van der Waals surface area contributed by atoms with Crippen molar-refractivity contribution in [1.82, 2.24) is 9.88 Å². The van der Waals surface area contributed by atoms with Crippen molar-refractivity contribution in [3.63, 3.8) is 0 Å². The van der Waals surface area contributed by atoms with Gasteiger partial charge in [-0.15, -0.1) is 11.3 Å². The summed E-state index contributed by atoms with van der Waals surface area (Å²) < 4.78 is 0. The van der Waals surface area contributed by atoms with Gasteiger partial charge in [-0.25, -0.2) is 4.98 Å². The van der Waals surface area contributed by atoms with Gasteiger partial charge in [-0.05, 0) is 20.8 Å². The van der Waals surface area contributed by atoms with Crippen LogP contribution in [0.2, 0.25) is 0 Å². The summed E-state index contributed by atoms with van der Waals surface area (Å²) in [7, 11) is 0. The highest BCUT2D eigenvalue weighted by Gasteiger charge is 2.44. The Kier molecular flexibility index (Phi) is 2.75. The van der Waals surface area contributed by atoms with Crippen LogP contribution in [0.15, 0.2) is 10.9 Å². The van der Waals surface area contributed by atoms with E-state index in [-0.39, 0.29) is 23.5 Å². The van der Waals surface area contributed by atoms with E-state index in [0.29, 0.717) is 6.42 Å². The number of nitrogens with zero attached hydrogens (tertiary/aromatic N) is 2. The number of carbonyl (C=O) groups excluding carboxylic acids is 1. The van der Waals surface area contributed by atoms with Crippen LogP contribution in [-0.4, -0.2) is 27.4 Å². The van der Waals surface area contributed by atoms with Crippen LogP contribution in [-0.2, 0) is 4.79 Å². The van der Waals surface area contributed by atoms with Gasteiger partial charge in [0.25, 0.3) is 0 Å². The maximum absolute atomic E-state index is 12.0. The summed E-state index contributed by atoms with van der Waals surface area (Å²) in [6.45, 7) is 6.09. The number of thiazole rings is 1. The van der Waals surface area contributed by atoms with E-state index >= 15 is 0 Å². The van der Waals surface area contributed by atoms with Crippen LogP contribution >= 0.6 is 11.3 Å². The van der Waals surface area contributed by atoms with E-state index in [1.165, 1.54) is 11.3 Å². The summed E-state index contributed by atoms with van der Waals surface area (Å²) in [5.74, 6) is 0.123. The molecule has 2 unspecified atom stereocenters. The van der Waals surface area contributed by atoms with Crippen LogP contribution in [0.25, 0.3) is 0 Å². The Labute approximate surface area is 99.5 Å². The molecule has 1 amide bonds. The first-order valence-corrected chi connectivity index (χ1v) is 6.31. The predicted molar refractivity (Wildman–Crippen MR) is 64.0 cm³/mol. The number of nitrogens with two attached hydrogens (primary N) is 1. The number of hydrogen-bond acceptors (Lipinski definition) is 4. The minimum absolute atomic E-state index is 0.0706. The second-order valence-electron chi connectivity index (χ2n) is 5.16. The van der Waals surface area contributed by atoms with Crippen molar-refractivity contribution in [2.45, 2.75) is 44.8 Å². The van der Waals surface area contributed by atoms with Crippen LogP contribution < -0.4 is 5.73 Å². The molecule has 5 heteroatoms. The van der Waals surface area contributed by atoms with E-state index < -0.39 is 0 Å². The fourth-order valence-corrected chi connectivity index (χ4v) is 2.85. The number of rotatable bonds is 1. The van der Waals surface area contributed by atoms with E-state index in [0.717, 1.165) is 5.69 Å². The molecule has 1 aromatic heterocycles. The lowest BCUT2D eigenvalue weighted by Gasteiger charge is -2.37. The van der Waals surface area contributed by atoms with Crippen molar-refractivity contribution < 1.29 is 4.79 Å². The van der Waals surface area contributed by atoms with Crippen molar-refractivity contribution >= 4 is 17.2 Å². The summed E-state index contributed by atoms with van der Waals surface area (Å²) in [4.78, 5) is 18.1. The smallest absolute Gasteiger partial charge is 0.225 e. The third kappa shape index (κ3) is 1.85. The van der Waals surface area contributed by atoms with Gasteiger partial charge in [0.1, 0.15) is 0 Å². The van der Waals surface area contributed by atoms with Crippen molar-refractivity contribution in [2.75, 3.05) is 0 Å². The van der Waals surface area contributed by atoms with Crippen molar-refractivity contribution in [3.05, 3.63) is 16.6 Å². The monoisotopic (exact) mass is 239 g/mol. The number of aromatic nitrogens is 1. The molecule has 1 aliphatic rings. The first kappa shape index (κ1) is 11.5. The molecule has 2 N–H and O–H groups in total. The van der Waals surface area contributed by atoms with Gasteiger partial charge in [-0.2, -0.15) is 0 Å². The second kappa shape index (κ2) is 3.82. The van der Waals surface area contributed by atoms with E-state index in [2.05, 4.69) is 4.98 Å². The Hall–Kier alpha value is -0.940. The Morgan fingerprint density at radius 1 is 1.56 bits per heavy atom. The Bertz CT molecular complexity index is 382. The molecule has 2 heterocycles. The normalized spacial score (nSPS) is 26.5. The molecule has 2 atom stereocenters. The van der Waals surface area contributed by atoms with Crippen LogP contribution in [0.3, 0.4) is 0 Å². The molecule has 1 saturated heterocycles. The third-order valence-electron chi connectivity index (χ3n) is 2.84. The zero-order chi connectivity index (χ0) is 11.9. The molecule has 16 heavy (non-hydrogen) atoms. The Balaban J connectivity index is 2.38. The molecule has 1 aromatic rings. The molecule has 0 aromatic carbocycles. The van der Waals surface area contributed by atoms with E-state index in [1.807, 2.05) is 31.1 Å². The van der Waals surface area contributed by atoms with Gasteiger partial charge in [0.05, 0.1) is 17.2 Å². The highest BCUT2D eigenvalue weighted by molar-refractivity contribution is 7.07. The quantitative estimate of drug-likeness (QED) is 0.808. The van der Waals surface area contributed by atoms with Gasteiger partial charge in [0.15, 0.2) is 0 Å². The fourth-order valence-electron chi connectivity index (χ4n) is 2.27. The zero-order valence-corrected chi connectivity index (χ0v) is 10.6. The fraction of sp³-hybridized carbons (Fsp3) is 0.636. The van der Waals surface area contributed by atoms with Crippen LogP contribution in [0.5, 0.6) is 0 Å². The average molecular weight is 239 g/mol. The standard InChI is InChI=1S/C11H17N3OS/c1-11(2,3)14-9(15)4-7(12)10(14)8-5-16-6-13-8/h5-7,10H,4,12H2,1-3H3. The Morgan fingerprint density at radius 2 is 2.25 bits per heavy atom. The molecule has 4 nitrogen and oxygen atoms in total. The molecule has 0 aliphatic carbocycles. The van der Waals surface area contributed by atoms with Crippen molar-refractivity contribution in [1.29, 1.82) is 0 Å². The summed E-state index contributed by atoms with van der Waals surface area (Å²) in [6.07, 6.45) is 0.416. The van der Waals surface area contributed by atoms with Crippen LogP contribution in [0.4, 0.5) is 0 Å².